The largest absolute Gasteiger partial charge is 0.490 e. The first-order valence-electron chi connectivity index (χ1n) is 7.45. The van der Waals surface area contributed by atoms with Crippen LogP contribution in [0.15, 0.2) is 39.4 Å². The number of ether oxygens (including phenoxy) is 3. The molecule has 0 atom stereocenters. The molecule has 130 valence electrons. The van der Waals surface area contributed by atoms with Crippen LogP contribution >= 0.6 is 11.8 Å². The summed E-state index contributed by atoms with van der Waals surface area (Å²) in [5, 5.41) is 10.7. The van der Waals surface area contributed by atoms with Gasteiger partial charge in [-0.2, -0.15) is 5.10 Å². The zero-order valence-corrected chi connectivity index (χ0v) is 14.2. The number of benzene rings is 1. The number of fused-ring (bicyclic) bond motifs is 1. The molecule has 2 aliphatic rings. The van der Waals surface area contributed by atoms with Crippen LogP contribution in [-0.4, -0.2) is 43.6 Å². The zero-order chi connectivity index (χ0) is 17.6. The lowest BCUT2D eigenvalue weighted by Gasteiger charge is -2.06. The number of thioether (sulfide) groups is 1. The van der Waals surface area contributed by atoms with Gasteiger partial charge >= 0.3 is 5.97 Å². The minimum atomic E-state index is -0.602. The average Bonchev–Trinajstić information content (AvgIpc) is 2.82. The third-order valence-electron chi connectivity index (χ3n) is 3.23. The van der Waals surface area contributed by atoms with Gasteiger partial charge in [0.2, 0.25) is 0 Å². The highest BCUT2D eigenvalue weighted by Crippen LogP contribution is 2.30. The lowest BCUT2D eigenvalue weighted by molar-refractivity contribution is -0.135. The van der Waals surface area contributed by atoms with Crippen LogP contribution in [0.5, 0.6) is 11.5 Å². The summed E-state index contributed by atoms with van der Waals surface area (Å²) in [5.74, 6) is 0.354. The molecule has 0 unspecified atom stereocenters. The number of nitrogens with zero attached hydrogens (tertiary/aromatic N) is 2. The van der Waals surface area contributed by atoms with Crippen LogP contribution in [0.1, 0.15) is 12.0 Å². The van der Waals surface area contributed by atoms with Crippen molar-refractivity contribution < 1.29 is 23.8 Å². The van der Waals surface area contributed by atoms with E-state index in [2.05, 4.69) is 20.3 Å². The number of hydrogen-bond acceptors (Lipinski definition) is 8. The number of amidine groups is 1. The molecule has 1 amide bonds. The van der Waals surface area contributed by atoms with E-state index in [9.17, 15) is 9.59 Å². The predicted octanol–water partition coefficient (Wildman–Crippen LogP) is 1.46. The predicted molar refractivity (Wildman–Crippen MR) is 92.9 cm³/mol. The Kier molecular flexibility index (Phi) is 5.34. The fraction of sp³-hybridized carbons (Fsp3) is 0.250. The summed E-state index contributed by atoms with van der Waals surface area (Å²) in [6.07, 6.45) is 3.48. The van der Waals surface area contributed by atoms with Crippen molar-refractivity contribution in [2.75, 3.05) is 20.3 Å². The Morgan fingerprint density at radius 2 is 2.12 bits per heavy atom. The molecule has 9 heteroatoms. The van der Waals surface area contributed by atoms with Crippen molar-refractivity contribution in [3.63, 3.8) is 0 Å². The minimum Gasteiger partial charge on any atom is -0.490 e. The summed E-state index contributed by atoms with van der Waals surface area (Å²) in [4.78, 5) is 23.1. The summed E-state index contributed by atoms with van der Waals surface area (Å²) in [7, 11) is 1.24. The maximum Gasteiger partial charge on any atom is 0.331 e. The van der Waals surface area contributed by atoms with Gasteiger partial charge in [-0.1, -0.05) is 0 Å². The number of rotatable bonds is 3. The highest BCUT2D eigenvalue weighted by atomic mass is 32.2. The molecule has 25 heavy (non-hydrogen) atoms. The Bertz CT molecular complexity index is 788. The second-order valence-electron chi connectivity index (χ2n) is 4.99. The van der Waals surface area contributed by atoms with Crippen LogP contribution in [0.4, 0.5) is 0 Å². The van der Waals surface area contributed by atoms with Crippen LogP contribution in [0.25, 0.3) is 0 Å². The van der Waals surface area contributed by atoms with E-state index < -0.39 is 11.9 Å². The molecule has 0 radical (unpaired) electrons. The molecule has 0 aromatic heterocycles. The van der Waals surface area contributed by atoms with Crippen LogP contribution < -0.4 is 14.8 Å². The average molecular weight is 361 g/mol. The van der Waals surface area contributed by atoms with Gasteiger partial charge < -0.3 is 14.2 Å². The number of methoxy groups -OCH3 is 1. The number of hydrogen-bond donors (Lipinski definition) is 1. The molecule has 2 aliphatic heterocycles. The number of carbonyl (C=O) groups excluding carboxylic acids is 2. The molecule has 2 heterocycles. The number of amides is 1. The third-order valence-corrected chi connectivity index (χ3v) is 4.13. The topological polar surface area (TPSA) is 98.6 Å². The molecule has 0 saturated carbocycles. The summed E-state index contributed by atoms with van der Waals surface area (Å²) >= 11 is 1.01. The Morgan fingerprint density at radius 3 is 2.92 bits per heavy atom. The van der Waals surface area contributed by atoms with Gasteiger partial charge in [0.1, 0.15) is 0 Å². The molecule has 0 spiro atoms. The molecule has 3 rings (SSSR count). The summed E-state index contributed by atoms with van der Waals surface area (Å²) < 4.78 is 15.7. The van der Waals surface area contributed by atoms with Gasteiger partial charge in [0.05, 0.1) is 31.4 Å². The monoisotopic (exact) mass is 361 g/mol. The smallest absolute Gasteiger partial charge is 0.331 e. The molecule has 0 aliphatic carbocycles. The van der Waals surface area contributed by atoms with Crippen LogP contribution in [-0.2, 0) is 14.3 Å². The standard InChI is InChI=1S/C16H15N3O5S/c1-22-14(20)8-13-15(21)18-16(25-13)19-17-9-10-3-4-11-12(7-10)24-6-2-5-23-11/h3-4,7-9H,2,5-6H2,1H3,(H,18,19,21)/b13-8+,17-9?. The van der Waals surface area contributed by atoms with E-state index in [0.29, 0.717) is 24.7 Å². The molecule has 1 N–H and O–H groups in total. The highest BCUT2D eigenvalue weighted by molar-refractivity contribution is 8.18. The number of nitrogens with one attached hydrogen (secondary N) is 1. The molecule has 8 nitrogen and oxygen atoms in total. The van der Waals surface area contributed by atoms with E-state index in [1.807, 2.05) is 18.2 Å². The second-order valence-corrected chi connectivity index (χ2v) is 6.02. The van der Waals surface area contributed by atoms with Crippen molar-refractivity contribution in [1.82, 2.24) is 5.32 Å². The highest BCUT2D eigenvalue weighted by Gasteiger charge is 2.25. The van der Waals surface area contributed by atoms with Crippen molar-refractivity contribution in [3.8, 4) is 11.5 Å². The van der Waals surface area contributed by atoms with E-state index in [0.717, 1.165) is 29.8 Å². The van der Waals surface area contributed by atoms with Gasteiger partial charge in [-0.25, -0.2) is 4.79 Å². The Balaban J connectivity index is 1.68. The van der Waals surface area contributed by atoms with Gasteiger partial charge in [-0.15, -0.1) is 5.10 Å². The number of carbonyl (C=O) groups is 2. The molecule has 1 aromatic rings. The lowest BCUT2D eigenvalue weighted by Crippen LogP contribution is -2.19. The van der Waals surface area contributed by atoms with Crippen molar-refractivity contribution in [3.05, 3.63) is 34.7 Å². The van der Waals surface area contributed by atoms with Crippen LogP contribution in [0.2, 0.25) is 0 Å². The van der Waals surface area contributed by atoms with Gasteiger partial charge in [0.25, 0.3) is 5.91 Å². The van der Waals surface area contributed by atoms with Crippen molar-refractivity contribution in [2.45, 2.75) is 6.42 Å². The van der Waals surface area contributed by atoms with Crippen LogP contribution in [0, 0.1) is 0 Å². The summed E-state index contributed by atoms with van der Waals surface area (Å²) in [6.45, 7) is 1.24. The normalized spacial score (nSPS) is 20.0. The zero-order valence-electron chi connectivity index (χ0n) is 13.4. The first-order chi connectivity index (χ1) is 12.2. The van der Waals surface area contributed by atoms with Crippen molar-refractivity contribution in [1.29, 1.82) is 0 Å². The van der Waals surface area contributed by atoms with E-state index in [1.54, 1.807) is 0 Å². The first-order valence-corrected chi connectivity index (χ1v) is 8.27. The van der Waals surface area contributed by atoms with Gasteiger partial charge in [0, 0.05) is 12.5 Å². The maximum absolute atomic E-state index is 11.7. The molecule has 0 bridgehead atoms. The molecule has 1 fully saturated rings. The summed E-state index contributed by atoms with van der Waals surface area (Å²) in [5.41, 5.74) is 0.785. The summed E-state index contributed by atoms with van der Waals surface area (Å²) in [6, 6.07) is 5.46. The van der Waals surface area contributed by atoms with Crippen molar-refractivity contribution >= 4 is 35.0 Å². The van der Waals surface area contributed by atoms with E-state index in [4.69, 9.17) is 9.47 Å². The molecular weight excluding hydrogens is 346 g/mol. The fourth-order valence-electron chi connectivity index (χ4n) is 2.05. The van der Waals surface area contributed by atoms with Gasteiger partial charge in [-0.3, -0.25) is 10.1 Å². The SMILES string of the molecule is COC(=O)/C=C1/S/C(=N\N=Cc2ccc3c(c2)OCCCO3)NC1=O. The Hall–Kier alpha value is -2.81. The van der Waals surface area contributed by atoms with Gasteiger partial charge in [0.15, 0.2) is 16.7 Å². The Morgan fingerprint density at radius 1 is 1.32 bits per heavy atom. The van der Waals surface area contributed by atoms with Crippen molar-refractivity contribution in [2.24, 2.45) is 10.2 Å². The number of esters is 1. The van der Waals surface area contributed by atoms with E-state index >= 15 is 0 Å². The minimum absolute atomic E-state index is 0.205. The van der Waals surface area contributed by atoms with E-state index in [-0.39, 0.29) is 10.1 Å². The third kappa shape index (κ3) is 4.38. The maximum atomic E-state index is 11.7. The van der Waals surface area contributed by atoms with Gasteiger partial charge in [-0.05, 0) is 35.5 Å². The molecule has 1 aromatic carbocycles. The van der Waals surface area contributed by atoms with Crippen LogP contribution in [0.3, 0.4) is 0 Å². The van der Waals surface area contributed by atoms with E-state index in [1.165, 1.54) is 13.3 Å². The lowest BCUT2D eigenvalue weighted by atomic mass is 10.2. The first kappa shape index (κ1) is 17.0. The quantitative estimate of drug-likeness (QED) is 0.379. The second kappa shape index (κ2) is 7.84. The fourth-order valence-corrected chi connectivity index (χ4v) is 2.79. The Labute approximate surface area is 147 Å². The molecular formula is C16H15N3O5S. The molecule has 1 saturated heterocycles.